The first-order valence-electron chi connectivity index (χ1n) is 6.47. The van der Waals surface area contributed by atoms with Gasteiger partial charge >= 0.3 is 5.97 Å². The molecule has 0 fully saturated rings. The molecule has 102 valence electrons. The number of para-hydroxylation sites is 1. The summed E-state index contributed by atoms with van der Waals surface area (Å²) in [6, 6.07) is 9.56. The van der Waals surface area contributed by atoms with Crippen LogP contribution in [0.25, 0.3) is 0 Å². The summed E-state index contributed by atoms with van der Waals surface area (Å²) in [6.07, 6.45) is 3.71. The first-order valence-corrected chi connectivity index (χ1v) is 6.47. The summed E-state index contributed by atoms with van der Waals surface area (Å²) < 4.78 is 5.34. The van der Waals surface area contributed by atoms with Crippen molar-refractivity contribution in [2.24, 2.45) is 5.10 Å². The average Bonchev–Trinajstić information content (AvgIpc) is 2.91. The molecule has 1 heterocycles. The van der Waals surface area contributed by atoms with Crippen molar-refractivity contribution in [2.45, 2.75) is 19.3 Å². The fraction of sp³-hybridized carbons (Fsp3) is 0.200. The number of hydrazone groups is 1. The van der Waals surface area contributed by atoms with E-state index in [1.807, 2.05) is 30.3 Å². The first kappa shape index (κ1) is 12.5. The Kier molecular flexibility index (Phi) is 3.25. The van der Waals surface area contributed by atoms with E-state index in [0.29, 0.717) is 11.3 Å². The Balaban J connectivity index is 1.93. The standard InChI is InChI=1S/C15H14N2O3/c18-15(19)11-9-20-13-8-4-7-12(14(11)13)17-16-10-5-2-1-3-6-10/h1-3,5-6,9,16H,4,7-8H2,(H,18,19)/b17-12+. The van der Waals surface area contributed by atoms with Gasteiger partial charge in [-0.15, -0.1) is 0 Å². The number of aryl methyl sites for hydroxylation is 1. The molecule has 0 radical (unpaired) electrons. The molecule has 1 aliphatic rings. The second-order valence-electron chi connectivity index (χ2n) is 4.64. The maximum absolute atomic E-state index is 11.2. The Hall–Kier alpha value is -2.56. The molecule has 0 unspecified atom stereocenters. The lowest BCUT2D eigenvalue weighted by molar-refractivity contribution is 0.0696. The van der Waals surface area contributed by atoms with Crippen LogP contribution in [0.2, 0.25) is 0 Å². The van der Waals surface area contributed by atoms with E-state index in [4.69, 9.17) is 4.42 Å². The summed E-state index contributed by atoms with van der Waals surface area (Å²) in [5.41, 5.74) is 5.39. The normalized spacial score (nSPS) is 15.9. The van der Waals surface area contributed by atoms with Crippen molar-refractivity contribution in [3.63, 3.8) is 0 Å². The molecule has 1 aromatic carbocycles. The fourth-order valence-electron chi connectivity index (χ4n) is 2.35. The molecule has 2 aromatic rings. The molecule has 0 bridgehead atoms. The summed E-state index contributed by atoms with van der Waals surface area (Å²) in [5.74, 6) is -0.272. The Morgan fingerprint density at radius 3 is 2.80 bits per heavy atom. The van der Waals surface area contributed by atoms with Crippen molar-refractivity contribution in [3.8, 4) is 0 Å². The molecule has 0 atom stereocenters. The average molecular weight is 270 g/mol. The van der Waals surface area contributed by atoms with Gasteiger partial charge in [0.25, 0.3) is 0 Å². The largest absolute Gasteiger partial charge is 0.478 e. The number of nitrogens with zero attached hydrogens (tertiary/aromatic N) is 1. The van der Waals surface area contributed by atoms with Crippen LogP contribution in [-0.4, -0.2) is 16.8 Å². The van der Waals surface area contributed by atoms with E-state index in [1.165, 1.54) is 6.26 Å². The van der Waals surface area contributed by atoms with Gasteiger partial charge in [-0.2, -0.15) is 5.10 Å². The lowest BCUT2D eigenvalue weighted by Crippen LogP contribution is -2.15. The second kappa shape index (κ2) is 5.21. The maximum Gasteiger partial charge on any atom is 0.339 e. The predicted octanol–water partition coefficient (Wildman–Crippen LogP) is 3.13. The zero-order valence-corrected chi connectivity index (χ0v) is 10.8. The maximum atomic E-state index is 11.2. The highest BCUT2D eigenvalue weighted by molar-refractivity contribution is 6.10. The number of aromatic carboxylic acids is 1. The number of carbonyl (C=O) groups is 1. The van der Waals surface area contributed by atoms with Crippen molar-refractivity contribution in [1.29, 1.82) is 0 Å². The van der Waals surface area contributed by atoms with E-state index < -0.39 is 5.97 Å². The van der Waals surface area contributed by atoms with Gasteiger partial charge in [-0.3, -0.25) is 5.43 Å². The van der Waals surface area contributed by atoms with E-state index in [9.17, 15) is 9.90 Å². The monoisotopic (exact) mass is 270 g/mol. The Labute approximate surface area is 115 Å². The number of fused-ring (bicyclic) bond motifs is 1. The molecule has 3 rings (SSSR count). The lowest BCUT2D eigenvalue weighted by Gasteiger charge is -2.13. The van der Waals surface area contributed by atoms with Crippen LogP contribution in [-0.2, 0) is 6.42 Å². The fourth-order valence-corrected chi connectivity index (χ4v) is 2.35. The predicted molar refractivity (Wildman–Crippen MR) is 75.2 cm³/mol. The SMILES string of the molecule is O=C(O)c1coc2c1/C(=N/Nc1ccccc1)CCC2. The van der Waals surface area contributed by atoms with Crippen LogP contribution >= 0.6 is 0 Å². The molecule has 1 aromatic heterocycles. The zero-order chi connectivity index (χ0) is 13.9. The van der Waals surface area contributed by atoms with Crippen LogP contribution in [0, 0.1) is 0 Å². The topological polar surface area (TPSA) is 74.8 Å². The van der Waals surface area contributed by atoms with Gasteiger partial charge in [-0.05, 0) is 25.0 Å². The molecule has 2 N–H and O–H groups in total. The third kappa shape index (κ3) is 2.30. The quantitative estimate of drug-likeness (QED) is 0.840. The van der Waals surface area contributed by atoms with E-state index in [2.05, 4.69) is 10.5 Å². The van der Waals surface area contributed by atoms with Gasteiger partial charge in [0.15, 0.2) is 0 Å². The number of nitrogens with one attached hydrogen (secondary N) is 1. The number of carboxylic acids is 1. The summed E-state index contributed by atoms with van der Waals surface area (Å²) in [5, 5.41) is 13.6. The van der Waals surface area contributed by atoms with E-state index in [-0.39, 0.29) is 5.56 Å². The van der Waals surface area contributed by atoms with Crippen molar-refractivity contribution in [1.82, 2.24) is 0 Å². The van der Waals surface area contributed by atoms with Gasteiger partial charge in [-0.1, -0.05) is 18.2 Å². The number of carboxylic acid groups (broad SMARTS) is 1. The minimum absolute atomic E-state index is 0.188. The van der Waals surface area contributed by atoms with Gasteiger partial charge < -0.3 is 9.52 Å². The van der Waals surface area contributed by atoms with Crippen molar-refractivity contribution < 1.29 is 14.3 Å². The highest BCUT2D eigenvalue weighted by Gasteiger charge is 2.26. The molecule has 0 aliphatic heterocycles. The van der Waals surface area contributed by atoms with Crippen LogP contribution in [0.4, 0.5) is 5.69 Å². The molecule has 0 amide bonds. The smallest absolute Gasteiger partial charge is 0.339 e. The van der Waals surface area contributed by atoms with Crippen LogP contribution in [0.3, 0.4) is 0 Å². The molecule has 5 nitrogen and oxygen atoms in total. The van der Waals surface area contributed by atoms with Crippen molar-refractivity contribution in [3.05, 3.63) is 53.5 Å². The molecular formula is C15H14N2O3. The van der Waals surface area contributed by atoms with Crippen molar-refractivity contribution in [2.75, 3.05) is 5.43 Å². The lowest BCUT2D eigenvalue weighted by atomic mass is 9.93. The van der Waals surface area contributed by atoms with Gasteiger partial charge in [0.2, 0.25) is 0 Å². The molecule has 5 heteroatoms. The minimum atomic E-state index is -0.982. The number of rotatable bonds is 3. The highest BCUT2D eigenvalue weighted by Crippen LogP contribution is 2.27. The van der Waals surface area contributed by atoms with Crippen LogP contribution in [0.5, 0.6) is 0 Å². The number of hydrogen-bond donors (Lipinski definition) is 2. The van der Waals surface area contributed by atoms with Gasteiger partial charge in [-0.25, -0.2) is 4.79 Å². The molecule has 20 heavy (non-hydrogen) atoms. The third-order valence-electron chi connectivity index (χ3n) is 3.30. The summed E-state index contributed by atoms with van der Waals surface area (Å²) in [7, 11) is 0. The number of furan rings is 1. The van der Waals surface area contributed by atoms with Crippen LogP contribution < -0.4 is 5.43 Å². The summed E-state index contributed by atoms with van der Waals surface area (Å²) >= 11 is 0. The van der Waals surface area contributed by atoms with Crippen LogP contribution in [0.1, 0.15) is 34.5 Å². The van der Waals surface area contributed by atoms with E-state index in [1.54, 1.807) is 0 Å². The highest BCUT2D eigenvalue weighted by atomic mass is 16.4. The molecule has 1 aliphatic carbocycles. The Morgan fingerprint density at radius 1 is 1.25 bits per heavy atom. The Bertz CT molecular complexity index is 659. The van der Waals surface area contributed by atoms with E-state index >= 15 is 0 Å². The third-order valence-corrected chi connectivity index (χ3v) is 3.30. The minimum Gasteiger partial charge on any atom is -0.478 e. The van der Waals surface area contributed by atoms with Crippen LogP contribution in [0.15, 0.2) is 46.1 Å². The number of benzene rings is 1. The first-order chi connectivity index (χ1) is 9.75. The number of hydrogen-bond acceptors (Lipinski definition) is 4. The zero-order valence-electron chi connectivity index (χ0n) is 10.8. The van der Waals surface area contributed by atoms with Gasteiger partial charge in [0.05, 0.1) is 17.0 Å². The molecule has 0 spiro atoms. The summed E-state index contributed by atoms with van der Waals surface area (Å²) in [4.78, 5) is 11.2. The number of anilines is 1. The molecule has 0 saturated carbocycles. The summed E-state index contributed by atoms with van der Waals surface area (Å²) in [6.45, 7) is 0. The Morgan fingerprint density at radius 2 is 2.05 bits per heavy atom. The van der Waals surface area contributed by atoms with Gasteiger partial charge in [0, 0.05) is 6.42 Å². The molecule has 0 saturated heterocycles. The molecular weight excluding hydrogens is 256 g/mol. The van der Waals surface area contributed by atoms with Crippen molar-refractivity contribution >= 4 is 17.4 Å². The van der Waals surface area contributed by atoms with E-state index in [0.717, 1.165) is 30.7 Å². The second-order valence-corrected chi connectivity index (χ2v) is 4.64. The van der Waals surface area contributed by atoms with Gasteiger partial charge in [0.1, 0.15) is 17.6 Å².